The maximum atomic E-state index is 14.1. The molecule has 5 aliphatic carbocycles. The number of carboxylic acid groups (broad SMARTS) is 1. The predicted octanol–water partition coefficient (Wildman–Crippen LogP) is 7.39. The minimum atomic E-state index is -0.967. The summed E-state index contributed by atoms with van der Waals surface area (Å²) in [7, 11) is 0. The highest BCUT2D eigenvalue weighted by Gasteiger charge is 2.72. The lowest BCUT2D eigenvalue weighted by Gasteiger charge is -2.72. The third-order valence-corrected chi connectivity index (χ3v) is 14.6. The molecule has 6 heteroatoms. The van der Waals surface area contributed by atoms with Crippen molar-refractivity contribution in [2.75, 3.05) is 0 Å². The van der Waals surface area contributed by atoms with Crippen LogP contribution in [0.3, 0.4) is 0 Å². The van der Waals surface area contributed by atoms with E-state index in [1.165, 1.54) is 0 Å². The van der Waals surface area contributed by atoms with Gasteiger partial charge in [-0.15, -0.1) is 0 Å². The Labute approximate surface area is 257 Å². The van der Waals surface area contributed by atoms with E-state index in [9.17, 15) is 25.1 Å². The van der Waals surface area contributed by atoms with Gasteiger partial charge < -0.3 is 10.3 Å². The Kier molecular flexibility index (Phi) is 7.05. The second-order valence-corrected chi connectivity index (χ2v) is 16.5. The molecule has 0 aromatic heterocycles. The molecule has 0 bridgehead atoms. The fraction of sp³-hybridized carbons (Fsp3) is 0.676. The molecule has 43 heavy (non-hydrogen) atoms. The molecule has 1 aromatic carbocycles. The Morgan fingerprint density at radius 3 is 2.37 bits per heavy atom. The zero-order chi connectivity index (χ0) is 31.3. The largest absolute Gasteiger partial charge is 0.595 e. The summed E-state index contributed by atoms with van der Waals surface area (Å²) in [6.45, 7) is 18.2. The summed E-state index contributed by atoms with van der Waals surface area (Å²) in [6, 6.07) is 6.89. The molecule has 0 saturated heterocycles. The first-order chi connectivity index (χ1) is 20.0. The summed E-state index contributed by atoms with van der Waals surface area (Å²) in [5.41, 5.74) is 1.80. The van der Waals surface area contributed by atoms with Gasteiger partial charge >= 0.3 is 5.97 Å². The highest BCUT2D eigenvalue weighted by Crippen LogP contribution is 2.77. The quantitative estimate of drug-likeness (QED) is 0.193. The van der Waals surface area contributed by atoms with Crippen molar-refractivity contribution in [2.24, 2.45) is 56.7 Å². The molecule has 0 heterocycles. The van der Waals surface area contributed by atoms with E-state index in [2.05, 4.69) is 48.1 Å². The number of carboxylic acids is 1. The van der Waals surface area contributed by atoms with E-state index in [0.717, 1.165) is 68.1 Å². The van der Waals surface area contributed by atoms with Crippen molar-refractivity contribution in [2.45, 2.75) is 99.3 Å². The van der Waals surface area contributed by atoms with Gasteiger partial charge in [-0.2, -0.15) is 5.23 Å². The van der Waals surface area contributed by atoms with Crippen LogP contribution >= 0.6 is 0 Å². The van der Waals surface area contributed by atoms with Gasteiger partial charge in [0.1, 0.15) is 0 Å². The van der Waals surface area contributed by atoms with Crippen LogP contribution in [0.1, 0.15) is 105 Å². The van der Waals surface area contributed by atoms with Crippen LogP contribution in [0.2, 0.25) is 0 Å². The number of Topliss-reactive ketones (excluding diaryl/α,β-unsaturated/α-hetero) is 1. The molecular weight excluding hydrogens is 538 g/mol. The minimum absolute atomic E-state index is 0.0247. The van der Waals surface area contributed by atoms with Crippen LogP contribution in [-0.2, 0) is 9.59 Å². The van der Waals surface area contributed by atoms with Crippen LogP contribution in [0.5, 0.6) is 0 Å². The van der Waals surface area contributed by atoms with E-state index in [0.29, 0.717) is 18.3 Å². The number of nitrogens with one attached hydrogen (secondary N) is 1. The normalized spacial score (nSPS) is 45.0. The van der Waals surface area contributed by atoms with Gasteiger partial charge in [0.05, 0.1) is 5.41 Å². The summed E-state index contributed by atoms with van der Waals surface area (Å²) in [5.74, 6) is 1.06. The maximum absolute atomic E-state index is 14.1. The van der Waals surface area contributed by atoms with Gasteiger partial charge in [0.25, 0.3) is 0 Å². The zero-order valence-electron chi connectivity index (χ0n) is 27.0. The smallest absolute Gasteiger partial charge is 0.309 e. The molecule has 0 amide bonds. The molecule has 0 spiro atoms. The molecule has 1 aromatic rings. The van der Waals surface area contributed by atoms with E-state index in [1.807, 2.05) is 12.1 Å². The molecule has 1 unspecified atom stereocenters. The molecule has 6 rings (SSSR count). The number of rotatable bonds is 4. The standard InChI is InChI=1S/C37H51NO5/c1-22(2)26-13-16-37(32(40)41)18-17-35(6)27(30(26)37)11-12-29-34(5)21-24(19-23-9-8-10-25(20-23)38(42)43)31(39)33(3,4)28(34)14-15-36(29,35)7/h8-10,19-20,26-30,38,42H,1,11-18,21H2,2-7H3,(H,40,41)/t26-,27+,28-,29+,30-,34+,35-,36-,37-/m1/s1. The Morgan fingerprint density at radius 2 is 1.72 bits per heavy atom. The number of ketones is 1. The molecule has 0 aliphatic heterocycles. The van der Waals surface area contributed by atoms with E-state index in [-0.39, 0.29) is 45.5 Å². The Hall–Kier alpha value is -2.28. The van der Waals surface area contributed by atoms with Gasteiger partial charge in [-0.3, -0.25) is 9.59 Å². The average Bonchev–Trinajstić information content (AvgIpc) is 3.34. The lowest BCUT2D eigenvalue weighted by atomic mass is 9.32. The number of quaternary nitrogens is 1. The first-order valence-corrected chi connectivity index (χ1v) is 16.5. The number of hydrogen-bond donors (Lipinski definition) is 3. The second kappa shape index (κ2) is 9.86. The van der Waals surface area contributed by atoms with Gasteiger partial charge in [-0.1, -0.05) is 58.9 Å². The minimum Gasteiger partial charge on any atom is -0.595 e. The molecule has 5 saturated carbocycles. The molecule has 6 nitrogen and oxygen atoms in total. The number of benzene rings is 1. The number of allylic oxidation sites excluding steroid dienone is 2. The SMILES string of the molecule is C=C(C)[C@H]1CC[C@@]2(C(=O)O)CC[C@]3(C)[C@@H](CC[C@H]4[C@@]5(C)CC(=Cc6cccc([NH+]([O-])O)c6)C(=O)C(C)(C)[C@H]5CC[C@]43C)[C@@H]12. The van der Waals surface area contributed by atoms with Crippen molar-refractivity contribution in [3.8, 4) is 0 Å². The summed E-state index contributed by atoms with van der Waals surface area (Å²) < 4.78 is 0. The van der Waals surface area contributed by atoms with Gasteiger partial charge in [0.2, 0.25) is 0 Å². The van der Waals surface area contributed by atoms with Crippen molar-refractivity contribution in [3.05, 3.63) is 52.8 Å². The topological polar surface area (TPSA) is 102 Å². The van der Waals surface area contributed by atoms with Crippen LogP contribution in [-0.4, -0.2) is 22.1 Å². The number of hydrogen-bond acceptors (Lipinski definition) is 4. The van der Waals surface area contributed by atoms with Gasteiger partial charge in [-0.25, -0.2) is 5.21 Å². The molecule has 234 valence electrons. The summed E-state index contributed by atoms with van der Waals surface area (Å²) in [5, 5.41) is 30.9. The maximum Gasteiger partial charge on any atom is 0.309 e. The summed E-state index contributed by atoms with van der Waals surface area (Å²) in [4.78, 5) is 27.0. The second-order valence-electron chi connectivity index (χ2n) is 16.5. The molecule has 0 radical (unpaired) electrons. The molecule has 3 N–H and O–H groups in total. The van der Waals surface area contributed by atoms with Crippen molar-refractivity contribution < 1.29 is 25.1 Å². The lowest BCUT2D eigenvalue weighted by molar-refractivity contribution is -0.991. The van der Waals surface area contributed by atoms with Crippen LogP contribution in [0, 0.1) is 61.9 Å². The highest BCUT2D eigenvalue weighted by molar-refractivity contribution is 6.04. The van der Waals surface area contributed by atoms with Crippen molar-refractivity contribution in [3.63, 3.8) is 0 Å². The first-order valence-electron chi connectivity index (χ1n) is 16.5. The highest BCUT2D eigenvalue weighted by atomic mass is 16.8. The number of carbonyl (C=O) groups is 2. The van der Waals surface area contributed by atoms with Crippen molar-refractivity contribution in [1.82, 2.24) is 0 Å². The van der Waals surface area contributed by atoms with Crippen molar-refractivity contribution >= 4 is 23.5 Å². The third-order valence-electron chi connectivity index (χ3n) is 14.6. The van der Waals surface area contributed by atoms with E-state index in [4.69, 9.17) is 0 Å². The summed E-state index contributed by atoms with van der Waals surface area (Å²) in [6.07, 6.45) is 10.2. The molecule has 10 atom stereocenters. The zero-order valence-corrected chi connectivity index (χ0v) is 27.0. The fourth-order valence-electron chi connectivity index (χ4n) is 12.5. The van der Waals surface area contributed by atoms with Crippen LogP contribution in [0.25, 0.3) is 6.08 Å². The Balaban J connectivity index is 1.41. The first kappa shape index (κ1) is 30.7. The molecule has 5 fully saturated rings. The van der Waals surface area contributed by atoms with Gasteiger partial charge in [-0.05, 0) is 128 Å². The predicted molar refractivity (Wildman–Crippen MR) is 167 cm³/mol. The third kappa shape index (κ3) is 4.08. The monoisotopic (exact) mass is 589 g/mol. The van der Waals surface area contributed by atoms with Gasteiger partial charge in [0.15, 0.2) is 11.5 Å². The van der Waals surface area contributed by atoms with E-state index in [1.54, 1.807) is 18.2 Å². The lowest BCUT2D eigenvalue weighted by Crippen LogP contribution is -2.99. The van der Waals surface area contributed by atoms with E-state index >= 15 is 0 Å². The van der Waals surface area contributed by atoms with E-state index < -0.39 is 22.0 Å². The van der Waals surface area contributed by atoms with Crippen LogP contribution in [0.15, 0.2) is 42.0 Å². The van der Waals surface area contributed by atoms with Crippen molar-refractivity contribution in [1.29, 1.82) is 0 Å². The Bertz CT molecular complexity index is 1390. The van der Waals surface area contributed by atoms with Gasteiger partial charge in [0, 0.05) is 17.5 Å². The number of fused-ring (bicyclic) bond motifs is 7. The number of carbonyl (C=O) groups excluding carboxylic acids is 1. The summed E-state index contributed by atoms with van der Waals surface area (Å²) >= 11 is 0. The fourth-order valence-corrected chi connectivity index (χ4v) is 12.5. The molecule has 5 aliphatic rings. The Morgan fingerprint density at radius 1 is 1.00 bits per heavy atom. The van der Waals surface area contributed by atoms with Crippen LogP contribution < -0.4 is 5.23 Å². The van der Waals surface area contributed by atoms with Crippen LogP contribution in [0.4, 0.5) is 5.69 Å². The number of aliphatic carboxylic acids is 1. The average molecular weight is 590 g/mol. The molecular formula is C37H51NO5.